The fourth-order valence-electron chi connectivity index (χ4n) is 5.93. The quantitative estimate of drug-likeness (QED) is 0.272. The zero-order chi connectivity index (χ0) is 28.3. The fourth-order valence-corrected chi connectivity index (χ4v) is 5.93. The number of benzene rings is 2. The second-order valence-corrected chi connectivity index (χ2v) is 10.5. The van der Waals surface area contributed by atoms with Gasteiger partial charge in [-0.3, -0.25) is 10.1 Å². The third kappa shape index (κ3) is 6.27. The van der Waals surface area contributed by atoms with Crippen molar-refractivity contribution < 1.29 is 22.8 Å². The molecule has 1 aromatic heterocycles. The molecule has 0 amide bonds. The van der Waals surface area contributed by atoms with E-state index in [1.165, 1.54) is 36.4 Å². The number of nitro groups is 1. The molecule has 1 aliphatic heterocycles. The number of nitro benzene ring substituents is 1. The molecule has 2 unspecified atom stereocenters. The molecule has 3 aromatic rings. The summed E-state index contributed by atoms with van der Waals surface area (Å²) in [5, 5.41) is 14.5. The molecule has 0 spiro atoms. The van der Waals surface area contributed by atoms with Gasteiger partial charge in [-0.1, -0.05) is 12.8 Å². The van der Waals surface area contributed by atoms with Gasteiger partial charge >= 0.3 is 6.36 Å². The van der Waals surface area contributed by atoms with Crippen molar-refractivity contribution in [2.45, 2.75) is 56.5 Å². The number of rotatable bonds is 7. The Morgan fingerprint density at radius 1 is 1.05 bits per heavy atom. The van der Waals surface area contributed by atoms with Crippen LogP contribution in [-0.4, -0.2) is 45.9 Å². The molecule has 0 radical (unpaired) electrons. The summed E-state index contributed by atoms with van der Waals surface area (Å²) in [5.74, 6) is 0.311. The monoisotopic (exact) mass is 556 g/mol. The normalized spacial score (nSPS) is 23.4. The predicted octanol–water partition coefficient (Wildman–Crippen LogP) is 5.92. The van der Waals surface area contributed by atoms with Crippen molar-refractivity contribution in [2.24, 2.45) is 11.7 Å². The summed E-state index contributed by atoms with van der Waals surface area (Å²) in [6, 6.07) is 13.8. The lowest BCUT2D eigenvalue weighted by Gasteiger charge is -2.50. The second kappa shape index (κ2) is 11.3. The van der Waals surface area contributed by atoms with E-state index >= 15 is 0 Å². The maximum atomic E-state index is 12.5. The summed E-state index contributed by atoms with van der Waals surface area (Å²) in [7, 11) is 0. The molecule has 3 N–H and O–H groups in total. The SMILES string of the molecule is NC1([C@H]2CCCN(c3ccc([N+](=O)[O-])cc3)C2)CCCCC1Nc1nccc(-c2ccc(OC(F)(F)F)cc2)n1. The summed E-state index contributed by atoms with van der Waals surface area (Å²) in [5.41, 5.74) is 8.91. The molecule has 9 nitrogen and oxygen atoms in total. The summed E-state index contributed by atoms with van der Waals surface area (Å²) in [4.78, 5) is 21.9. The first kappa shape index (κ1) is 27.6. The summed E-state index contributed by atoms with van der Waals surface area (Å²) in [6.07, 6.45) is 2.57. The molecular weight excluding hydrogens is 525 g/mol. The maximum Gasteiger partial charge on any atom is 0.573 e. The average molecular weight is 557 g/mol. The molecule has 2 fully saturated rings. The minimum atomic E-state index is -4.75. The van der Waals surface area contributed by atoms with Gasteiger partial charge in [0.1, 0.15) is 5.75 Å². The standard InChI is InChI=1S/C28H31F3N6O3/c29-28(30,31)40-23-12-6-19(7-13-23)24-14-16-33-26(34-24)35-25-5-1-2-15-27(25,32)20-4-3-17-36(18-20)21-8-10-22(11-9-21)37(38)39/h6-14,16,20,25H,1-5,15,17-18,32H2,(H,33,34,35)/t20-,25?,27?/m0/s1. The third-order valence-corrected chi connectivity index (χ3v) is 7.95. The highest BCUT2D eigenvalue weighted by atomic mass is 19.4. The first-order chi connectivity index (χ1) is 19.1. The van der Waals surface area contributed by atoms with Crippen molar-refractivity contribution in [3.8, 4) is 17.0 Å². The van der Waals surface area contributed by atoms with Crippen LogP contribution in [0.3, 0.4) is 0 Å². The van der Waals surface area contributed by atoms with E-state index < -0.39 is 16.8 Å². The molecule has 212 valence electrons. The number of anilines is 2. The number of hydrogen-bond acceptors (Lipinski definition) is 8. The van der Waals surface area contributed by atoms with Crippen molar-refractivity contribution in [3.63, 3.8) is 0 Å². The van der Waals surface area contributed by atoms with Crippen molar-refractivity contribution in [3.05, 3.63) is 70.9 Å². The van der Waals surface area contributed by atoms with Crippen LogP contribution in [0.5, 0.6) is 5.75 Å². The van der Waals surface area contributed by atoms with Crippen LogP contribution in [0.25, 0.3) is 11.3 Å². The number of aromatic nitrogens is 2. The van der Waals surface area contributed by atoms with Gasteiger partial charge in [0.05, 0.1) is 10.6 Å². The van der Waals surface area contributed by atoms with Gasteiger partial charge in [-0.15, -0.1) is 13.2 Å². The zero-order valence-electron chi connectivity index (χ0n) is 21.8. The van der Waals surface area contributed by atoms with E-state index in [1.54, 1.807) is 24.4 Å². The van der Waals surface area contributed by atoms with E-state index in [-0.39, 0.29) is 23.4 Å². The third-order valence-electron chi connectivity index (χ3n) is 7.95. The number of hydrogen-bond donors (Lipinski definition) is 2. The molecular formula is C28H31F3N6O3. The van der Waals surface area contributed by atoms with Crippen LogP contribution in [0.1, 0.15) is 38.5 Å². The van der Waals surface area contributed by atoms with Crippen LogP contribution in [0.4, 0.5) is 30.5 Å². The van der Waals surface area contributed by atoms with E-state index in [2.05, 4.69) is 24.9 Å². The molecule has 2 aliphatic rings. The van der Waals surface area contributed by atoms with Gasteiger partial charge in [0.15, 0.2) is 0 Å². The number of alkyl halides is 3. The van der Waals surface area contributed by atoms with Gasteiger partial charge in [0, 0.05) is 54.3 Å². The molecule has 12 heteroatoms. The summed E-state index contributed by atoms with van der Waals surface area (Å²) in [6.45, 7) is 1.61. The first-order valence-corrected chi connectivity index (χ1v) is 13.3. The number of nitrogens with one attached hydrogen (secondary N) is 1. The van der Waals surface area contributed by atoms with E-state index in [1.807, 2.05) is 0 Å². The van der Waals surface area contributed by atoms with E-state index in [4.69, 9.17) is 5.73 Å². The van der Waals surface area contributed by atoms with Crippen molar-refractivity contribution >= 4 is 17.3 Å². The zero-order valence-corrected chi connectivity index (χ0v) is 21.8. The minimum absolute atomic E-state index is 0.0666. The molecule has 5 rings (SSSR count). The second-order valence-electron chi connectivity index (χ2n) is 10.5. The molecule has 40 heavy (non-hydrogen) atoms. The van der Waals surface area contributed by atoms with E-state index in [9.17, 15) is 23.3 Å². The van der Waals surface area contributed by atoms with Crippen molar-refractivity contribution in [1.82, 2.24) is 9.97 Å². The summed E-state index contributed by atoms with van der Waals surface area (Å²) < 4.78 is 41.5. The van der Waals surface area contributed by atoms with Gasteiger partial charge in [-0.25, -0.2) is 9.97 Å². The molecule has 1 saturated heterocycles. The predicted molar refractivity (Wildman–Crippen MR) is 145 cm³/mol. The Morgan fingerprint density at radius 2 is 1.80 bits per heavy atom. The number of ether oxygens (including phenoxy) is 1. The summed E-state index contributed by atoms with van der Waals surface area (Å²) >= 11 is 0. The lowest BCUT2D eigenvalue weighted by molar-refractivity contribution is -0.384. The average Bonchev–Trinajstić information content (AvgIpc) is 2.94. The Labute approximate surface area is 229 Å². The van der Waals surface area contributed by atoms with Crippen LogP contribution in [-0.2, 0) is 0 Å². The van der Waals surface area contributed by atoms with Gasteiger partial charge in [-0.05, 0) is 74.1 Å². The Kier molecular flexibility index (Phi) is 7.79. The number of nitrogens with two attached hydrogens (primary N) is 1. The highest BCUT2D eigenvalue weighted by molar-refractivity contribution is 5.61. The van der Waals surface area contributed by atoms with Crippen LogP contribution in [0.15, 0.2) is 60.8 Å². The van der Waals surface area contributed by atoms with Crippen LogP contribution >= 0.6 is 0 Å². The molecule has 1 saturated carbocycles. The first-order valence-electron chi connectivity index (χ1n) is 13.3. The van der Waals surface area contributed by atoms with Gasteiger partial charge in [0.2, 0.25) is 5.95 Å². The van der Waals surface area contributed by atoms with Crippen LogP contribution in [0.2, 0.25) is 0 Å². The fraction of sp³-hybridized carbons (Fsp3) is 0.429. The lowest BCUT2D eigenvalue weighted by Crippen LogP contribution is -2.64. The Morgan fingerprint density at radius 3 is 2.50 bits per heavy atom. The largest absolute Gasteiger partial charge is 0.573 e. The highest BCUT2D eigenvalue weighted by Gasteiger charge is 2.45. The smallest absolute Gasteiger partial charge is 0.406 e. The Bertz CT molecular complexity index is 1320. The molecule has 2 heterocycles. The van der Waals surface area contributed by atoms with Gasteiger partial charge in [-0.2, -0.15) is 0 Å². The van der Waals surface area contributed by atoms with Gasteiger partial charge in [0.25, 0.3) is 5.69 Å². The topological polar surface area (TPSA) is 119 Å². The van der Waals surface area contributed by atoms with Gasteiger partial charge < -0.3 is 20.7 Å². The number of nitrogens with zero attached hydrogens (tertiary/aromatic N) is 4. The van der Waals surface area contributed by atoms with Crippen molar-refractivity contribution in [2.75, 3.05) is 23.3 Å². The van der Waals surface area contributed by atoms with Crippen molar-refractivity contribution in [1.29, 1.82) is 0 Å². The minimum Gasteiger partial charge on any atom is -0.406 e. The Hall–Kier alpha value is -3.93. The molecule has 0 bridgehead atoms. The lowest BCUT2D eigenvalue weighted by atomic mass is 9.67. The Balaban J connectivity index is 1.31. The highest BCUT2D eigenvalue weighted by Crippen LogP contribution is 2.39. The molecule has 2 aromatic carbocycles. The van der Waals surface area contributed by atoms with Crippen LogP contribution in [0, 0.1) is 16.0 Å². The number of halogens is 3. The van der Waals surface area contributed by atoms with Crippen LogP contribution < -0.4 is 20.7 Å². The maximum absolute atomic E-state index is 12.5. The number of piperidine rings is 1. The van der Waals surface area contributed by atoms with E-state index in [0.29, 0.717) is 17.2 Å². The number of non-ortho nitro benzene ring substituents is 1. The molecule has 1 aliphatic carbocycles. The molecule has 3 atom stereocenters. The van der Waals surface area contributed by atoms with E-state index in [0.717, 1.165) is 57.3 Å².